The average molecular weight is 427 g/mol. The fourth-order valence-electron chi connectivity index (χ4n) is 4.42. The Balaban J connectivity index is 1.29. The SMILES string of the molecule is CN=C(NCCCNC(=O)c1cccs1)NC1CC2(CCCC2)Oc2ccccc21. The Morgan fingerprint density at radius 1 is 1.17 bits per heavy atom. The quantitative estimate of drug-likeness (QED) is 0.372. The molecule has 1 aromatic carbocycles. The number of rotatable bonds is 6. The summed E-state index contributed by atoms with van der Waals surface area (Å²) in [5.74, 6) is 1.78. The van der Waals surface area contributed by atoms with Crippen LogP contribution in [0.25, 0.3) is 0 Å². The second kappa shape index (κ2) is 9.51. The van der Waals surface area contributed by atoms with Crippen LogP contribution in [-0.4, -0.2) is 37.6 Å². The number of thiophene rings is 1. The van der Waals surface area contributed by atoms with E-state index in [0.29, 0.717) is 6.54 Å². The van der Waals surface area contributed by atoms with Gasteiger partial charge in [0.1, 0.15) is 11.4 Å². The first-order chi connectivity index (χ1) is 14.7. The molecule has 160 valence electrons. The molecule has 0 bridgehead atoms. The van der Waals surface area contributed by atoms with Crippen LogP contribution in [0, 0.1) is 0 Å². The lowest BCUT2D eigenvalue weighted by Gasteiger charge is -2.40. The van der Waals surface area contributed by atoms with Crippen molar-refractivity contribution in [3.8, 4) is 5.75 Å². The van der Waals surface area contributed by atoms with Crippen LogP contribution in [0.4, 0.5) is 0 Å². The molecule has 1 unspecified atom stereocenters. The second-order valence-electron chi connectivity index (χ2n) is 8.02. The van der Waals surface area contributed by atoms with Gasteiger partial charge in [-0.3, -0.25) is 9.79 Å². The molecule has 1 amide bonds. The van der Waals surface area contributed by atoms with E-state index in [1.165, 1.54) is 29.7 Å². The second-order valence-corrected chi connectivity index (χ2v) is 8.96. The van der Waals surface area contributed by atoms with Crippen LogP contribution in [0.15, 0.2) is 46.8 Å². The molecule has 1 fully saturated rings. The molecular weight excluding hydrogens is 396 g/mol. The Bertz CT molecular complexity index is 875. The molecule has 1 aliphatic carbocycles. The van der Waals surface area contributed by atoms with Gasteiger partial charge in [0, 0.05) is 32.1 Å². The molecule has 2 heterocycles. The van der Waals surface area contributed by atoms with Gasteiger partial charge in [-0.25, -0.2) is 0 Å². The maximum Gasteiger partial charge on any atom is 0.261 e. The lowest BCUT2D eigenvalue weighted by Crippen LogP contribution is -2.47. The zero-order valence-corrected chi connectivity index (χ0v) is 18.3. The summed E-state index contributed by atoms with van der Waals surface area (Å²) in [5.41, 5.74) is 1.15. The van der Waals surface area contributed by atoms with E-state index in [4.69, 9.17) is 4.74 Å². The zero-order chi connectivity index (χ0) is 20.8. The lowest BCUT2D eigenvalue weighted by molar-refractivity contribution is 0.0396. The van der Waals surface area contributed by atoms with E-state index in [-0.39, 0.29) is 17.6 Å². The highest BCUT2D eigenvalue weighted by atomic mass is 32.1. The number of ether oxygens (including phenoxy) is 1. The van der Waals surface area contributed by atoms with Crippen molar-refractivity contribution in [2.45, 2.75) is 50.2 Å². The lowest BCUT2D eigenvalue weighted by atomic mass is 9.86. The van der Waals surface area contributed by atoms with Crippen molar-refractivity contribution in [1.29, 1.82) is 0 Å². The first-order valence-electron chi connectivity index (χ1n) is 10.8. The minimum atomic E-state index is -0.0447. The van der Waals surface area contributed by atoms with Crippen LogP contribution in [0.3, 0.4) is 0 Å². The van der Waals surface area contributed by atoms with Gasteiger partial charge in [0.2, 0.25) is 0 Å². The summed E-state index contributed by atoms with van der Waals surface area (Å²) in [6.45, 7) is 1.37. The van der Waals surface area contributed by atoms with E-state index >= 15 is 0 Å². The smallest absolute Gasteiger partial charge is 0.261 e. The van der Waals surface area contributed by atoms with Gasteiger partial charge in [-0.2, -0.15) is 0 Å². The summed E-state index contributed by atoms with van der Waals surface area (Å²) in [6, 6.07) is 12.2. The van der Waals surface area contributed by atoms with Crippen molar-refractivity contribution in [3.05, 3.63) is 52.2 Å². The Labute approximate surface area is 182 Å². The summed E-state index contributed by atoms with van der Waals surface area (Å²) in [5, 5.41) is 11.9. The summed E-state index contributed by atoms with van der Waals surface area (Å²) >= 11 is 1.46. The van der Waals surface area contributed by atoms with Gasteiger partial charge in [0.05, 0.1) is 10.9 Å². The molecule has 0 saturated heterocycles. The molecule has 2 aliphatic rings. The van der Waals surface area contributed by atoms with E-state index in [2.05, 4.69) is 39.1 Å². The van der Waals surface area contributed by atoms with Crippen molar-refractivity contribution in [3.63, 3.8) is 0 Å². The van der Waals surface area contributed by atoms with Gasteiger partial charge in [0.15, 0.2) is 5.96 Å². The number of carbonyl (C=O) groups excluding carboxylic acids is 1. The highest BCUT2D eigenvalue weighted by Crippen LogP contribution is 2.46. The number of amides is 1. The number of nitrogens with zero attached hydrogens (tertiary/aromatic N) is 1. The van der Waals surface area contributed by atoms with Crippen molar-refractivity contribution < 1.29 is 9.53 Å². The molecule has 6 nitrogen and oxygen atoms in total. The van der Waals surface area contributed by atoms with E-state index in [1.807, 2.05) is 23.6 Å². The maximum atomic E-state index is 12.0. The largest absolute Gasteiger partial charge is 0.487 e. The molecule has 1 atom stereocenters. The van der Waals surface area contributed by atoms with Crippen molar-refractivity contribution in [2.24, 2.45) is 4.99 Å². The molecule has 1 saturated carbocycles. The third-order valence-corrected chi connectivity index (χ3v) is 6.79. The predicted molar refractivity (Wildman–Crippen MR) is 121 cm³/mol. The van der Waals surface area contributed by atoms with Crippen LogP contribution < -0.4 is 20.7 Å². The van der Waals surface area contributed by atoms with E-state index < -0.39 is 0 Å². The Kier molecular flexibility index (Phi) is 6.57. The highest BCUT2D eigenvalue weighted by molar-refractivity contribution is 7.12. The molecule has 2 aromatic rings. The third-order valence-electron chi connectivity index (χ3n) is 5.92. The van der Waals surface area contributed by atoms with Gasteiger partial charge >= 0.3 is 0 Å². The monoisotopic (exact) mass is 426 g/mol. The number of benzene rings is 1. The molecule has 1 aromatic heterocycles. The van der Waals surface area contributed by atoms with Crippen molar-refractivity contribution in [1.82, 2.24) is 16.0 Å². The summed E-state index contributed by atoms with van der Waals surface area (Å²) in [6.07, 6.45) is 6.50. The van der Waals surface area contributed by atoms with Gasteiger partial charge in [-0.15, -0.1) is 11.3 Å². The molecule has 0 radical (unpaired) electrons. The third kappa shape index (κ3) is 4.78. The van der Waals surface area contributed by atoms with E-state index in [9.17, 15) is 4.79 Å². The van der Waals surface area contributed by atoms with E-state index in [1.54, 1.807) is 7.05 Å². The van der Waals surface area contributed by atoms with Gasteiger partial charge < -0.3 is 20.7 Å². The first kappa shape index (κ1) is 20.7. The first-order valence-corrected chi connectivity index (χ1v) is 11.6. The van der Waals surface area contributed by atoms with Crippen molar-refractivity contribution >= 4 is 23.2 Å². The molecular formula is C23H30N4O2S. The van der Waals surface area contributed by atoms with Gasteiger partial charge in [-0.05, 0) is 49.6 Å². The standard InChI is InChI=1S/C23H30N4O2S/c1-24-22(26-14-7-13-25-21(28)20-10-6-15-30-20)27-18-16-23(11-4-5-12-23)29-19-9-3-2-8-17(18)19/h2-3,6,8-10,15,18H,4-5,7,11-14,16H2,1H3,(H,25,28)(H2,24,26,27). The van der Waals surface area contributed by atoms with Gasteiger partial charge in [-0.1, -0.05) is 24.3 Å². The van der Waals surface area contributed by atoms with Crippen LogP contribution in [0.2, 0.25) is 0 Å². The Morgan fingerprint density at radius 3 is 2.73 bits per heavy atom. The minimum absolute atomic E-state index is 0.00631. The number of hydrogen-bond acceptors (Lipinski definition) is 4. The minimum Gasteiger partial charge on any atom is -0.487 e. The van der Waals surface area contributed by atoms with Crippen LogP contribution in [0.5, 0.6) is 5.75 Å². The van der Waals surface area contributed by atoms with Gasteiger partial charge in [0.25, 0.3) is 5.91 Å². The predicted octanol–water partition coefficient (Wildman–Crippen LogP) is 3.87. The number of nitrogens with one attached hydrogen (secondary N) is 3. The summed E-state index contributed by atoms with van der Waals surface area (Å²) in [7, 11) is 1.80. The Hall–Kier alpha value is -2.54. The molecule has 4 rings (SSSR count). The molecule has 7 heteroatoms. The number of fused-ring (bicyclic) bond motifs is 1. The summed E-state index contributed by atoms with van der Waals surface area (Å²) < 4.78 is 6.45. The molecule has 3 N–H and O–H groups in total. The fourth-order valence-corrected chi connectivity index (χ4v) is 5.06. The zero-order valence-electron chi connectivity index (χ0n) is 17.4. The topological polar surface area (TPSA) is 74.8 Å². The average Bonchev–Trinajstić information content (AvgIpc) is 3.45. The van der Waals surface area contributed by atoms with Crippen molar-refractivity contribution in [2.75, 3.05) is 20.1 Å². The fraction of sp³-hybridized carbons (Fsp3) is 0.478. The van der Waals surface area contributed by atoms with Crippen LogP contribution in [-0.2, 0) is 0 Å². The number of carbonyl (C=O) groups is 1. The number of aliphatic imine (C=N–C) groups is 1. The normalized spacial score (nSPS) is 19.8. The summed E-state index contributed by atoms with van der Waals surface area (Å²) in [4.78, 5) is 17.2. The highest BCUT2D eigenvalue weighted by Gasteiger charge is 2.43. The van der Waals surface area contributed by atoms with Crippen LogP contribution in [0.1, 0.15) is 59.8 Å². The number of guanidine groups is 1. The molecule has 1 aliphatic heterocycles. The van der Waals surface area contributed by atoms with Crippen LogP contribution >= 0.6 is 11.3 Å². The van der Waals surface area contributed by atoms with E-state index in [0.717, 1.165) is 48.8 Å². The maximum absolute atomic E-state index is 12.0. The number of para-hydroxylation sites is 1. The number of hydrogen-bond donors (Lipinski definition) is 3. The Morgan fingerprint density at radius 2 is 1.97 bits per heavy atom. The molecule has 1 spiro atoms. The molecule has 30 heavy (non-hydrogen) atoms.